The first-order valence-electron chi connectivity index (χ1n) is 6.27. The van der Waals surface area contributed by atoms with E-state index >= 15 is 0 Å². The third-order valence-electron chi connectivity index (χ3n) is 3.03. The highest BCUT2D eigenvalue weighted by Crippen LogP contribution is 2.30. The van der Waals surface area contributed by atoms with E-state index in [2.05, 4.69) is 0 Å². The normalized spacial score (nSPS) is 10.3. The first-order chi connectivity index (χ1) is 9.61. The number of hydrogen-bond donors (Lipinski definition) is 1. The topological polar surface area (TPSA) is 52.3 Å². The first kappa shape index (κ1) is 14.5. The molecule has 0 heterocycles. The Morgan fingerprint density at radius 2 is 2.00 bits per heavy atom. The fourth-order valence-electron chi connectivity index (χ4n) is 1.85. The lowest BCUT2D eigenvalue weighted by molar-refractivity contribution is 0.0600. The molecule has 0 aliphatic rings. The van der Waals surface area contributed by atoms with Crippen molar-refractivity contribution in [2.24, 2.45) is 0 Å². The highest BCUT2D eigenvalue weighted by molar-refractivity contribution is 7.98. The van der Waals surface area contributed by atoms with Crippen molar-refractivity contribution in [3.05, 3.63) is 59.2 Å². The van der Waals surface area contributed by atoms with Gasteiger partial charge in [-0.3, -0.25) is 0 Å². The number of ether oxygens (including phenoxy) is 1. The van der Waals surface area contributed by atoms with E-state index in [0.29, 0.717) is 5.56 Å². The monoisotopic (exact) mass is 287 g/mol. The molecule has 0 atom stereocenters. The molecule has 0 unspecified atom stereocenters. The van der Waals surface area contributed by atoms with Crippen LogP contribution < -0.4 is 5.73 Å². The van der Waals surface area contributed by atoms with Crippen LogP contribution in [0.1, 0.15) is 21.5 Å². The maximum absolute atomic E-state index is 11.5. The van der Waals surface area contributed by atoms with Crippen molar-refractivity contribution in [1.82, 2.24) is 0 Å². The average Bonchev–Trinajstić information content (AvgIpc) is 2.48. The van der Waals surface area contributed by atoms with Crippen LogP contribution in [0.2, 0.25) is 0 Å². The number of anilines is 1. The standard InChI is InChI=1S/C16H17NO2S/c1-11-5-3-8-14(15(11)17)20-10-12-6-4-7-13(9-12)16(18)19-2/h3-9H,10,17H2,1-2H3. The van der Waals surface area contributed by atoms with Crippen LogP contribution in [0.15, 0.2) is 47.4 Å². The lowest BCUT2D eigenvalue weighted by Crippen LogP contribution is -2.01. The molecule has 0 saturated heterocycles. The van der Waals surface area contributed by atoms with Gasteiger partial charge in [0.05, 0.1) is 12.7 Å². The van der Waals surface area contributed by atoms with Gasteiger partial charge in [0.25, 0.3) is 0 Å². The molecule has 20 heavy (non-hydrogen) atoms. The molecular weight excluding hydrogens is 270 g/mol. The van der Waals surface area contributed by atoms with E-state index in [0.717, 1.165) is 27.5 Å². The van der Waals surface area contributed by atoms with Crippen LogP contribution in [0.5, 0.6) is 0 Å². The molecule has 0 aliphatic heterocycles. The number of para-hydroxylation sites is 1. The molecule has 0 bridgehead atoms. The summed E-state index contributed by atoms with van der Waals surface area (Å²) < 4.78 is 4.72. The number of carbonyl (C=O) groups is 1. The summed E-state index contributed by atoms with van der Waals surface area (Å²) in [6.45, 7) is 2.00. The number of rotatable bonds is 4. The molecule has 2 aromatic carbocycles. The number of nitrogens with two attached hydrogens (primary N) is 1. The third-order valence-corrected chi connectivity index (χ3v) is 4.17. The highest BCUT2D eigenvalue weighted by atomic mass is 32.2. The van der Waals surface area contributed by atoms with Crippen LogP contribution in [-0.2, 0) is 10.5 Å². The zero-order chi connectivity index (χ0) is 14.5. The molecule has 0 fully saturated rings. The van der Waals surface area contributed by atoms with Crippen LogP contribution in [0.4, 0.5) is 5.69 Å². The zero-order valence-corrected chi connectivity index (χ0v) is 12.4. The van der Waals surface area contributed by atoms with Gasteiger partial charge in [-0.05, 0) is 36.2 Å². The van der Waals surface area contributed by atoms with Gasteiger partial charge >= 0.3 is 5.97 Å². The molecule has 2 aromatic rings. The summed E-state index contributed by atoms with van der Waals surface area (Å²) in [5.74, 6) is 0.449. The summed E-state index contributed by atoms with van der Waals surface area (Å²) >= 11 is 1.67. The van der Waals surface area contributed by atoms with E-state index in [9.17, 15) is 4.79 Å². The van der Waals surface area contributed by atoms with Gasteiger partial charge in [0, 0.05) is 16.3 Å². The van der Waals surface area contributed by atoms with Gasteiger partial charge in [0.1, 0.15) is 0 Å². The van der Waals surface area contributed by atoms with Crippen molar-refractivity contribution in [3.8, 4) is 0 Å². The molecule has 0 aromatic heterocycles. The van der Waals surface area contributed by atoms with Gasteiger partial charge in [-0.15, -0.1) is 11.8 Å². The Labute approximate surface area is 123 Å². The molecule has 0 spiro atoms. The van der Waals surface area contributed by atoms with Crippen LogP contribution in [0.25, 0.3) is 0 Å². The number of benzene rings is 2. The Hall–Kier alpha value is -1.94. The predicted octanol–water partition coefficient (Wildman–Crippen LogP) is 3.66. The van der Waals surface area contributed by atoms with Crippen LogP contribution in [0.3, 0.4) is 0 Å². The Morgan fingerprint density at radius 3 is 2.75 bits per heavy atom. The summed E-state index contributed by atoms with van der Waals surface area (Å²) in [5.41, 5.74) is 9.59. The minimum atomic E-state index is -0.313. The number of aryl methyl sites for hydroxylation is 1. The quantitative estimate of drug-likeness (QED) is 0.530. The van der Waals surface area contributed by atoms with Gasteiger partial charge in [0.15, 0.2) is 0 Å². The lowest BCUT2D eigenvalue weighted by atomic mass is 10.1. The fraction of sp³-hybridized carbons (Fsp3) is 0.188. The smallest absolute Gasteiger partial charge is 0.337 e. The highest BCUT2D eigenvalue weighted by Gasteiger charge is 2.07. The van der Waals surface area contributed by atoms with E-state index < -0.39 is 0 Å². The number of esters is 1. The Morgan fingerprint density at radius 1 is 1.25 bits per heavy atom. The molecular formula is C16H17NO2S. The summed E-state index contributed by atoms with van der Waals surface area (Å²) in [5, 5.41) is 0. The summed E-state index contributed by atoms with van der Waals surface area (Å²) in [6.07, 6.45) is 0. The minimum absolute atomic E-state index is 0.313. The fourth-order valence-corrected chi connectivity index (χ4v) is 2.84. The molecule has 0 aliphatic carbocycles. The van der Waals surface area contributed by atoms with E-state index in [1.807, 2.05) is 43.3 Å². The molecule has 2 rings (SSSR count). The lowest BCUT2D eigenvalue weighted by Gasteiger charge is -2.08. The van der Waals surface area contributed by atoms with E-state index in [4.69, 9.17) is 10.5 Å². The number of carbonyl (C=O) groups excluding carboxylic acids is 1. The van der Waals surface area contributed by atoms with E-state index in [1.54, 1.807) is 17.8 Å². The summed E-state index contributed by atoms with van der Waals surface area (Å²) in [4.78, 5) is 12.6. The molecule has 2 N–H and O–H groups in total. The van der Waals surface area contributed by atoms with Crippen molar-refractivity contribution in [1.29, 1.82) is 0 Å². The zero-order valence-electron chi connectivity index (χ0n) is 11.6. The Bertz CT molecular complexity index is 626. The number of thioether (sulfide) groups is 1. The second-order valence-electron chi connectivity index (χ2n) is 4.47. The largest absolute Gasteiger partial charge is 0.465 e. The van der Waals surface area contributed by atoms with Gasteiger partial charge in [-0.1, -0.05) is 24.3 Å². The molecule has 0 amide bonds. The first-order valence-corrected chi connectivity index (χ1v) is 7.25. The molecule has 0 radical (unpaired) electrons. The van der Waals surface area contributed by atoms with Gasteiger partial charge in [-0.2, -0.15) is 0 Å². The molecule has 104 valence electrons. The minimum Gasteiger partial charge on any atom is -0.465 e. The summed E-state index contributed by atoms with van der Waals surface area (Å²) in [6, 6.07) is 13.5. The number of methoxy groups -OCH3 is 1. The second-order valence-corrected chi connectivity index (χ2v) is 5.48. The van der Waals surface area contributed by atoms with Gasteiger partial charge < -0.3 is 10.5 Å². The summed E-state index contributed by atoms with van der Waals surface area (Å²) in [7, 11) is 1.39. The number of hydrogen-bond acceptors (Lipinski definition) is 4. The van der Waals surface area contributed by atoms with Gasteiger partial charge in [-0.25, -0.2) is 4.79 Å². The SMILES string of the molecule is COC(=O)c1cccc(CSc2cccc(C)c2N)c1. The van der Waals surface area contributed by atoms with Crippen LogP contribution in [-0.4, -0.2) is 13.1 Å². The maximum atomic E-state index is 11.5. The molecule has 4 heteroatoms. The van der Waals surface area contributed by atoms with Crippen molar-refractivity contribution in [3.63, 3.8) is 0 Å². The molecule has 3 nitrogen and oxygen atoms in total. The van der Waals surface area contributed by atoms with Crippen molar-refractivity contribution >= 4 is 23.4 Å². The predicted molar refractivity (Wildman–Crippen MR) is 82.9 cm³/mol. The Balaban J connectivity index is 2.11. The molecule has 0 saturated carbocycles. The van der Waals surface area contributed by atoms with E-state index in [1.165, 1.54) is 7.11 Å². The Kier molecular flexibility index (Phi) is 4.69. The van der Waals surface area contributed by atoms with Crippen molar-refractivity contribution < 1.29 is 9.53 Å². The van der Waals surface area contributed by atoms with Crippen LogP contribution >= 0.6 is 11.8 Å². The average molecular weight is 287 g/mol. The van der Waals surface area contributed by atoms with E-state index in [-0.39, 0.29) is 5.97 Å². The van der Waals surface area contributed by atoms with Crippen molar-refractivity contribution in [2.45, 2.75) is 17.6 Å². The second kappa shape index (κ2) is 6.48. The van der Waals surface area contributed by atoms with Gasteiger partial charge in [0.2, 0.25) is 0 Å². The van der Waals surface area contributed by atoms with Crippen molar-refractivity contribution in [2.75, 3.05) is 12.8 Å². The van der Waals surface area contributed by atoms with Crippen LogP contribution in [0, 0.1) is 6.92 Å². The number of nitrogen functional groups attached to an aromatic ring is 1. The third kappa shape index (κ3) is 3.33. The maximum Gasteiger partial charge on any atom is 0.337 e.